The summed E-state index contributed by atoms with van der Waals surface area (Å²) in [6.07, 6.45) is -19.9. The Balaban J connectivity index is 0.000000409. The van der Waals surface area contributed by atoms with E-state index in [4.69, 9.17) is 0 Å². The molecule has 7 rings (SSSR count). The van der Waals surface area contributed by atoms with Crippen molar-refractivity contribution in [1.82, 2.24) is 0 Å². The van der Waals surface area contributed by atoms with E-state index < -0.39 is 37.6 Å². The first-order valence-corrected chi connectivity index (χ1v) is 17.5. The molecule has 3 aromatic carbocycles. The van der Waals surface area contributed by atoms with Gasteiger partial charge in [0, 0.05) is 10.4 Å². The summed E-state index contributed by atoms with van der Waals surface area (Å²) in [5, 5.41) is 5.53. The first-order chi connectivity index (χ1) is 19.7. The molecule has 2 bridgehead atoms. The average Bonchev–Trinajstić information content (AvgIpc) is 3.59. The second-order valence-corrected chi connectivity index (χ2v) is 17.4. The van der Waals surface area contributed by atoms with E-state index in [-0.39, 0.29) is 74.6 Å². The molecule has 2 aliphatic heterocycles. The Morgan fingerprint density at radius 3 is 1.80 bits per heavy atom. The number of thiophene rings is 1. The van der Waals surface area contributed by atoms with Gasteiger partial charge in [-0.2, -0.15) is 45.6 Å². The standard InChI is InChI=1S/C22H16F9.C10H12SSi.2ClH.Zr/c1-12(2)15-10-14-4-3-5-17(18(14)11-15)13-6-8-16(9-7-13)19(20(23,24)25,21(26,27)28)22(29,30)31;1-6-9-7-4-5-11-8(7)10(6)12(9,2)3;;;/h3-12H,1-2H3;4-5,9H,1-3H3;2*1H;/q-1;;;;+3/p-2. The van der Waals surface area contributed by atoms with Crippen LogP contribution < -0.4 is 24.8 Å². The average molecular weight is 806 g/mol. The van der Waals surface area contributed by atoms with Crippen LogP contribution in [0, 0.1) is 0 Å². The van der Waals surface area contributed by atoms with Crippen LogP contribution in [0.2, 0.25) is 13.1 Å². The molecule has 14 heteroatoms. The summed E-state index contributed by atoms with van der Waals surface area (Å²) < 4.78 is 120. The molecule has 1 radical (unpaired) electrons. The summed E-state index contributed by atoms with van der Waals surface area (Å²) >= 11 is 1.94. The van der Waals surface area contributed by atoms with Gasteiger partial charge in [-0.1, -0.05) is 68.4 Å². The van der Waals surface area contributed by atoms with Crippen LogP contribution in [0.3, 0.4) is 0 Å². The number of rotatable bonds is 3. The zero-order valence-electron chi connectivity index (χ0n) is 25.1. The minimum absolute atomic E-state index is 0. The van der Waals surface area contributed by atoms with Crippen molar-refractivity contribution in [3.8, 4) is 11.1 Å². The quantitative estimate of drug-likeness (QED) is 0.142. The van der Waals surface area contributed by atoms with Gasteiger partial charge in [0.1, 0.15) is 0 Å². The third kappa shape index (κ3) is 6.12. The molecule has 247 valence electrons. The van der Waals surface area contributed by atoms with Gasteiger partial charge in [0.2, 0.25) is 0 Å². The van der Waals surface area contributed by atoms with Crippen LogP contribution in [0.1, 0.15) is 53.8 Å². The molecule has 0 N–H and O–H groups in total. The summed E-state index contributed by atoms with van der Waals surface area (Å²) in [6.45, 7) is 11.2. The number of hydrogen-bond acceptors (Lipinski definition) is 1. The molecule has 0 spiro atoms. The molecule has 0 saturated heterocycles. The zero-order chi connectivity index (χ0) is 31.9. The Hall–Kier alpha value is -1.46. The Labute approximate surface area is 297 Å². The number of halogens is 11. The smallest absolute Gasteiger partial charge is 1.00 e. The number of hydrogen-bond donors (Lipinski definition) is 0. The van der Waals surface area contributed by atoms with Crippen molar-refractivity contribution in [2.75, 3.05) is 0 Å². The van der Waals surface area contributed by atoms with Crippen LogP contribution in [0.4, 0.5) is 39.5 Å². The molecule has 1 aromatic heterocycles. The Morgan fingerprint density at radius 1 is 0.804 bits per heavy atom. The van der Waals surface area contributed by atoms with Gasteiger partial charge >= 0.3 is 44.7 Å². The molecule has 46 heavy (non-hydrogen) atoms. The van der Waals surface area contributed by atoms with E-state index in [9.17, 15) is 39.5 Å². The summed E-state index contributed by atoms with van der Waals surface area (Å²) in [5.41, 5.74) is -2.01. The SMILES string of the molecule is CC(C)c1cc2c(-c3ccc(C(C(F)(F)F)(C(F)(F)F)C(F)(F)F)cc3)cccc2[cH-]1.CC1=C2c3sccc3C1[Si]2(C)C.[Cl-].[Cl-].[Zr+3]. The second kappa shape index (κ2) is 13.4. The van der Waals surface area contributed by atoms with Crippen molar-refractivity contribution in [1.29, 1.82) is 0 Å². The third-order valence-corrected chi connectivity index (χ3v) is 14.0. The van der Waals surface area contributed by atoms with Gasteiger partial charge < -0.3 is 24.8 Å². The maximum Gasteiger partial charge on any atom is 3.00 e. The van der Waals surface area contributed by atoms with E-state index in [1.54, 1.807) is 39.4 Å². The van der Waals surface area contributed by atoms with E-state index in [0.717, 1.165) is 28.6 Å². The van der Waals surface area contributed by atoms with Crippen molar-refractivity contribution >= 4 is 35.4 Å². The van der Waals surface area contributed by atoms with E-state index in [0.29, 0.717) is 10.9 Å². The predicted octanol–water partition coefficient (Wildman–Crippen LogP) is 5.70. The largest absolute Gasteiger partial charge is 3.00 e. The molecule has 0 fully saturated rings. The summed E-state index contributed by atoms with van der Waals surface area (Å²) in [5.74, 6) is 0.175. The molecule has 1 unspecified atom stereocenters. The molecule has 3 heterocycles. The number of allylic oxidation sites excluding steroid dienone is 1. The molecule has 4 aromatic rings. The van der Waals surface area contributed by atoms with Crippen LogP contribution in [0.5, 0.6) is 0 Å². The Bertz CT molecular complexity index is 1680. The minimum Gasteiger partial charge on any atom is -1.00 e. The molecular formula is C32H28Cl2F9SSiZr. The number of fused-ring (bicyclic) bond motifs is 1. The summed E-state index contributed by atoms with van der Waals surface area (Å²) in [6, 6.07) is 13.3. The van der Waals surface area contributed by atoms with Gasteiger partial charge in [-0.15, -0.1) is 45.9 Å². The Kier molecular flexibility index (Phi) is 11.9. The van der Waals surface area contributed by atoms with Crippen LogP contribution in [0.15, 0.2) is 71.6 Å². The molecular weight excluding hydrogens is 778 g/mol. The first-order valence-electron chi connectivity index (χ1n) is 13.5. The topological polar surface area (TPSA) is 0 Å². The van der Waals surface area contributed by atoms with Gasteiger partial charge in [-0.3, -0.25) is 0 Å². The number of alkyl halides is 9. The maximum absolute atomic E-state index is 13.3. The van der Waals surface area contributed by atoms with Crippen LogP contribution in [-0.4, -0.2) is 26.6 Å². The molecule has 0 saturated carbocycles. The van der Waals surface area contributed by atoms with Gasteiger partial charge in [-0.05, 0) is 46.2 Å². The van der Waals surface area contributed by atoms with Gasteiger partial charge in [-0.25, -0.2) is 0 Å². The van der Waals surface area contributed by atoms with Crippen LogP contribution >= 0.6 is 11.3 Å². The molecule has 0 amide bonds. The second-order valence-electron chi connectivity index (χ2n) is 12.0. The van der Waals surface area contributed by atoms with E-state index in [1.807, 2.05) is 37.3 Å². The van der Waals surface area contributed by atoms with Crippen molar-refractivity contribution in [2.45, 2.75) is 69.3 Å². The van der Waals surface area contributed by atoms with E-state index >= 15 is 0 Å². The maximum atomic E-state index is 13.3. The monoisotopic (exact) mass is 803 g/mol. The third-order valence-electron chi connectivity index (χ3n) is 8.77. The summed E-state index contributed by atoms with van der Waals surface area (Å²) in [7, 11) is -0.972. The normalized spacial score (nSPS) is 16.9. The number of benzene rings is 2. The van der Waals surface area contributed by atoms with Crippen LogP contribution in [-0.2, 0) is 31.6 Å². The predicted molar refractivity (Wildman–Crippen MR) is 156 cm³/mol. The fraction of sp³-hybridized carbons (Fsp3) is 0.344. The molecule has 1 atom stereocenters. The molecule has 1 aliphatic carbocycles. The minimum atomic E-state index is -6.64. The fourth-order valence-electron chi connectivity index (χ4n) is 6.82. The molecule has 3 aliphatic rings. The van der Waals surface area contributed by atoms with Gasteiger partial charge in [0.25, 0.3) is 5.41 Å². The fourth-order valence-corrected chi connectivity index (χ4v) is 13.0. The van der Waals surface area contributed by atoms with Crippen molar-refractivity contribution in [2.24, 2.45) is 0 Å². The van der Waals surface area contributed by atoms with Gasteiger partial charge in [0.15, 0.2) is 0 Å². The molecule has 0 nitrogen and oxygen atoms in total. The van der Waals surface area contributed by atoms with Crippen LogP contribution in [0.25, 0.3) is 27.1 Å². The van der Waals surface area contributed by atoms with Crippen molar-refractivity contribution < 1.29 is 90.5 Å². The summed E-state index contributed by atoms with van der Waals surface area (Å²) in [4.78, 5) is 1.63. The van der Waals surface area contributed by atoms with Gasteiger partial charge in [0.05, 0.1) is 8.07 Å². The van der Waals surface area contributed by atoms with E-state index in [1.165, 1.54) is 0 Å². The van der Waals surface area contributed by atoms with E-state index in [2.05, 4.69) is 31.5 Å². The Morgan fingerprint density at radius 2 is 1.35 bits per heavy atom. The van der Waals surface area contributed by atoms with Crippen molar-refractivity contribution in [3.63, 3.8) is 0 Å². The zero-order valence-corrected chi connectivity index (χ0v) is 30.9. The van der Waals surface area contributed by atoms with Crippen molar-refractivity contribution in [3.05, 3.63) is 93.2 Å². The first kappa shape index (κ1) is 40.7.